The summed E-state index contributed by atoms with van der Waals surface area (Å²) in [6, 6.07) is 55.9. The summed E-state index contributed by atoms with van der Waals surface area (Å²) >= 11 is 0. The SMILES string of the molecule is C=C1C(c2ccc3oc4c5ccccc5nc(-c5ccccc5)c4c3c2)=CC(c2ccccc2)=CC1c1ccc2c(ccc3ccccc32)c1. The lowest BCUT2D eigenvalue weighted by Gasteiger charge is -2.26. The average molecular weight is 638 g/mol. The molecule has 0 radical (unpaired) electrons. The summed E-state index contributed by atoms with van der Waals surface area (Å²) in [6.07, 6.45) is 4.68. The molecule has 1 atom stereocenters. The van der Waals surface area contributed by atoms with Gasteiger partial charge >= 0.3 is 0 Å². The minimum absolute atomic E-state index is 0.00311. The Bertz CT molecular complexity index is 2870. The molecule has 0 bridgehead atoms. The van der Waals surface area contributed by atoms with Gasteiger partial charge in [-0.1, -0.05) is 146 Å². The van der Waals surface area contributed by atoms with Crippen LogP contribution in [0.15, 0.2) is 186 Å². The maximum atomic E-state index is 6.66. The molecule has 0 spiro atoms. The van der Waals surface area contributed by atoms with Crippen molar-refractivity contribution >= 4 is 65.5 Å². The summed E-state index contributed by atoms with van der Waals surface area (Å²) in [5.41, 5.74) is 11.5. The molecule has 1 unspecified atom stereocenters. The van der Waals surface area contributed by atoms with Gasteiger partial charge in [0.05, 0.1) is 16.6 Å². The first-order chi connectivity index (χ1) is 24.7. The van der Waals surface area contributed by atoms with Crippen molar-refractivity contribution < 1.29 is 4.42 Å². The van der Waals surface area contributed by atoms with Crippen LogP contribution in [0, 0.1) is 0 Å². The Kier molecular flexibility index (Phi) is 6.43. The van der Waals surface area contributed by atoms with Gasteiger partial charge in [0.25, 0.3) is 0 Å². The second-order valence-corrected chi connectivity index (χ2v) is 13.2. The molecule has 9 aromatic rings. The Hall–Kier alpha value is -6.51. The van der Waals surface area contributed by atoms with E-state index >= 15 is 0 Å². The van der Waals surface area contributed by atoms with Crippen LogP contribution < -0.4 is 0 Å². The summed E-state index contributed by atoms with van der Waals surface area (Å²) in [5, 5.41) is 8.13. The average Bonchev–Trinajstić information content (AvgIpc) is 3.57. The van der Waals surface area contributed by atoms with E-state index in [-0.39, 0.29) is 5.92 Å². The smallest absolute Gasteiger partial charge is 0.147 e. The molecule has 2 aromatic heterocycles. The minimum Gasteiger partial charge on any atom is -0.455 e. The number of hydrogen-bond acceptors (Lipinski definition) is 2. The highest BCUT2D eigenvalue weighted by Crippen LogP contribution is 2.45. The first-order valence-electron chi connectivity index (χ1n) is 17.1. The molecule has 0 aliphatic heterocycles. The molecule has 2 heteroatoms. The van der Waals surface area contributed by atoms with E-state index in [4.69, 9.17) is 16.0 Å². The van der Waals surface area contributed by atoms with Gasteiger partial charge in [0.2, 0.25) is 0 Å². The summed E-state index contributed by atoms with van der Waals surface area (Å²) in [5.74, 6) is 0.00311. The number of allylic oxidation sites excluding steroid dienone is 5. The van der Waals surface area contributed by atoms with Gasteiger partial charge in [0, 0.05) is 22.3 Å². The van der Waals surface area contributed by atoms with Gasteiger partial charge in [0.1, 0.15) is 11.2 Å². The number of hydrogen-bond donors (Lipinski definition) is 0. The summed E-state index contributed by atoms with van der Waals surface area (Å²) in [7, 11) is 0. The Morgan fingerprint density at radius 1 is 0.540 bits per heavy atom. The number of furan rings is 1. The Labute approximate surface area is 290 Å². The molecule has 2 nitrogen and oxygen atoms in total. The molecule has 234 valence electrons. The van der Waals surface area contributed by atoms with E-state index in [1.54, 1.807) is 0 Å². The largest absolute Gasteiger partial charge is 0.455 e. The van der Waals surface area contributed by atoms with E-state index in [0.29, 0.717) is 0 Å². The Morgan fingerprint density at radius 2 is 1.24 bits per heavy atom. The lowest BCUT2D eigenvalue weighted by Crippen LogP contribution is -2.07. The van der Waals surface area contributed by atoms with Gasteiger partial charge in [-0.2, -0.15) is 0 Å². The number of pyridine rings is 1. The Balaban J connectivity index is 1.17. The van der Waals surface area contributed by atoms with Crippen LogP contribution in [0.2, 0.25) is 0 Å². The van der Waals surface area contributed by atoms with Crippen LogP contribution in [0.1, 0.15) is 22.6 Å². The first-order valence-corrected chi connectivity index (χ1v) is 17.1. The van der Waals surface area contributed by atoms with Crippen LogP contribution in [0.3, 0.4) is 0 Å². The molecule has 2 heterocycles. The van der Waals surface area contributed by atoms with Crippen LogP contribution in [0.25, 0.3) is 76.8 Å². The highest BCUT2D eigenvalue weighted by molar-refractivity contribution is 6.19. The zero-order valence-corrected chi connectivity index (χ0v) is 27.3. The number of nitrogens with zero attached hydrogens (tertiary/aromatic N) is 1. The molecule has 10 rings (SSSR count). The molecule has 0 N–H and O–H groups in total. The topological polar surface area (TPSA) is 26.0 Å². The second-order valence-electron chi connectivity index (χ2n) is 13.2. The van der Waals surface area contributed by atoms with Crippen molar-refractivity contribution in [2.75, 3.05) is 0 Å². The summed E-state index contributed by atoms with van der Waals surface area (Å²) in [4.78, 5) is 5.20. The Morgan fingerprint density at radius 3 is 2.08 bits per heavy atom. The van der Waals surface area contributed by atoms with E-state index in [9.17, 15) is 0 Å². The molecule has 0 saturated carbocycles. The molecule has 0 fully saturated rings. The number of rotatable bonds is 4. The first kappa shape index (κ1) is 28.5. The van der Waals surface area contributed by atoms with Crippen molar-refractivity contribution in [2.45, 2.75) is 5.92 Å². The van der Waals surface area contributed by atoms with E-state index in [1.165, 1.54) is 38.2 Å². The third kappa shape index (κ3) is 4.53. The van der Waals surface area contributed by atoms with Gasteiger partial charge in [-0.3, -0.25) is 0 Å². The van der Waals surface area contributed by atoms with Crippen LogP contribution in [0.4, 0.5) is 0 Å². The molecular formula is C48H31NO. The van der Waals surface area contributed by atoms with Crippen molar-refractivity contribution in [2.24, 2.45) is 0 Å². The number of fused-ring (bicyclic) bond motifs is 8. The third-order valence-electron chi connectivity index (χ3n) is 10.3. The normalized spacial score (nSPS) is 14.9. The van der Waals surface area contributed by atoms with Crippen LogP contribution >= 0.6 is 0 Å². The van der Waals surface area contributed by atoms with Crippen LogP contribution in [-0.2, 0) is 0 Å². The highest BCUT2D eigenvalue weighted by atomic mass is 16.3. The van der Waals surface area contributed by atoms with E-state index in [2.05, 4.69) is 152 Å². The van der Waals surface area contributed by atoms with E-state index in [1.807, 2.05) is 18.2 Å². The van der Waals surface area contributed by atoms with Crippen molar-refractivity contribution in [3.05, 3.63) is 199 Å². The molecule has 0 amide bonds. The molecular weight excluding hydrogens is 607 g/mol. The highest BCUT2D eigenvalue weighted by Gasteiger charge is 2.25. The van der Waals surface area contributed by atoms with Crippen LogP contribution in [0.5, 0.6) is 0 Å². The summed E-state index contributed by atoms with van der Waals surface area (Å²) < 4.78 is 6.66. The maximum absolute atomic E-state index is 6.66. The minimum atomic E-state index is 0.00311. The third-order valence-corrected chi connectivity index (χ3v) is 10.3. The van der Waals surface area contributed by atoms with Gasteiger partial charge in [-0.05, 0) is 85.3 Å². The second kappa shape index (κ2) is 11.3. The fourth-order valence-corrected chi connectivity index (χ4v) is 7.78. The zero-order chi connectivity index (χ0) is 33.2. The maximum Gasteiger partial charge on any atom is 0.147 e. The van der Waals surface area contributed by atoms with Gasteiger partial charge < -0.3 is 4.42 Å². The van der Waals surface area contributed by atoms with E-state index in [0.717, 1.165) is 60.8 Å². The lowest BCUT2D eigenvalue weighted by atomic mass is 9.77. The monoisotopic (exact) mass is 637 g/mol. The fraction of sp³-hybridized carbons (Fsp3) is 0.0208. The van der Waals surface area contributed by atoms with Gasteiger partial charge in [-0.25, -0.2) is 4.98 Å². The molecule has 1 aliphatic rings. The fourth-order valence-electron chi connectivity index (χ4n) is 7.78. The zero-order valence-electron chi connectivity index (χ0n) is 27.3. The van der Waals surface area contributed by atoms with Crippen molar-refractivity contribution in [3.8, 4) is 11.3 Å². The molecule has 0 saturated heterocycles. The standard InChI is InChI=1S/C48H31NO/c1-30-41(35-22-24-39-34(26-35)21-20-32-14-8-9-17-38(32)39)28-37(31-12-4-2-5-13-31)29-42(30)36-23-25-45-43(27-36)46-47(33-15-6-3-7-16-33)49-44-19-11-10-18-40(44)48(46)50-45/h2-29,41H,1H2. The molecule has 1 aliphatic carbocycles. The number of para-hydroxylation sites is 1. The molecule has 50 heavy (non-hydrogen) atoms. The predicted octanol–water partition coefficient (Wildman–Crippen LogP) is 12.9. The number of benzene rings is 7. The lowest BCUT2D eigenvalue weighted by molar-refractivity contribution is 0.672. The van der Waals surface area contributed by atoms with Crippen LogP contribution in [-0.4, -0.2) is 4.98 Å². The number of aromatic nitrogens is 1. The quantitative estimate of drug-likeness (QED) is 0.180. The van der Waals surface area contributed by atoms with Gasteiger partial charge in [0.15, 0.2) is 0 Å². The van der Waals surface area contributed by atoms with Crippen molar-refractivity contribution in [1.82, 2.24) is 4.98 Å². The van der Waals surface area contributed by atoms with Gasteiger partial charge in [-0.15, -0.1) is 0 Å². The van der Waals surface area contributed by atoms with Crippen molar-refractivity contribution in [3.63, 3.8) is 0 Å². The van der Waals surface area contributed by atoms with E-state index < -0.39 is 0 Å². The summed E-state index contributed by atoms with van der Waals surface area (Å²) in [6.45, 7) is 4.78. The van der Waals surface area contributed by atoms with Crippen molar-refractivity contribution in [1.29, 1.82) is 0 Å². The predicted molar refractivity (Wildman–Crippen MR) is 210 cm³/mol. The molecule has 7 aromatic carbocycles.